The molecule has 3 aromatic rings. The molecule has 1 N–H and O–H groups in total. The smallest absolute Gasteiger partial charge is 0.307 e. The number of hydrogen-bond acceptors (Lipinski definition) is 3. The molecule has 2 heterocycles. The molecule has 5 heteroatoms. The summed E-state index contributed by atoms with van der Waals surface area (Å²) in [6.07, 6.45) is 1.49. The molecule has 2 aromatic carbocycles. The number of nitrogens with zero attached hydrogens (tertiary/aromatic N) is 1. The molecule has 0 spiro atoms. The van der Waals surface area contributed by atoms with Crippen LogP contribution in [0.5, 0.6) is 0 Å². The van der Waals surface area contributed by atoms with Crippen molar-refractivity contribution in [3.05, 3.63) is 70.9 Å². The van der Waals surface area contributed by atoms with E-state index in [0.717, 1.165) is 28.6 Å². The minimum absolute atomic E-state index is 0.245. The number of likely N-dealkylation sites (tertiary alicyclic amines) is 1. The number of hydrogen-bond donors (Lipinski definition) is 1. The molecular formula is C21H20FNO2S. The third-order valence-corrected chi connectivity index (χ3v) is 6.15. The highest BCUT2D eigenvalue weighted by atomic mass is 32.1. The Balaban J connectivity index is 1.82. The largest absolute Gasteiger partial charge is 0.481 e. The minimum Gasteiger partial charge on any atom is -0.481 e. The first-order chi connectivity index (χ1) is 12.6. The first-order valence-corrected chi connectivity index (χ1v) is 9.70. The van der Waals surface area contributed by atoms with Gasteiger partial charge in [0, 0.05) is 16.8 Å². The van der Waals surface area contributed by atoms with Gasteiger partial charge in [-0.25, -0.2) is 4.39 Å². The van der Waals surface area contributed by atoms with Crippen molar-refractivity contribution in [1.29, 1.82) is 0 Å². The van der Waals surface area contributed by atoms with Gasteiger partial charge in [-0.15, -0.1) is 11.3 Å². The summed E-state index contributed by atoms with van der Waals surface area (Å²) in [5.41, 5.74) is 1.67. The molecule has 1 aliphatic rings. The molecule has 1 aromatic heterocycles. The summed E-state index contributed by atoms with van der Waals surface area (Å²) in [7, 11) is 0. The van der Waals surface area contributed by atoms with Crippen LogP contribution in [0.15, 0.2) is 53.9 Å². The molecule has 1 aliphatic heterocycles. The summed E-state index contributed by atoms with van der Waals surface area (Å²) >= 11 is 1.65. The highest BCUT2D eigenvalue weighted by molar-refractivity contribution is 7.17. The molecule has 0 aliphatic carbocycles. The third kappa shape index (κ3) is 3.13. The van der Waals surface area contributed by atoms with Crippen LogP contribution in [0.4, 0.5) is 4.39 Å². The van der Waals surface area contributed by atoms with E-state index in [1.165, 1.54) is 6.07 Å². The van der Waals surface area contributed by atoms with Gasteiger partial charge in [0.1, 0.15) is 5.82 Å². The van der Waals surface area contributed by atoms with E-state index >= 15 is 0 Å². The van der Waals surface area contributed by atoms with Crippen molar-refractivity contribution < 1.29 is 14.3 Å². The molecule has 0 amide bonds. The van der Waals surface area contributed by atoms with Crippen LogP contribution in [0, 0.1) is 11.7 Å². The lowest BCUT2D eigenvalue weighted by atomic mass is 9.91. The summed E-state index contributed by atoms with van der Waals surface area (Å²) < 4.78 is 15.9. The van der Waals surface area contributed by atoms with Gasteiger partial charge < -0.3 is 5.11 Å². The summed E-state index contributed by atoms with van der Waals surface area (Å²) in [6.45, 7) is 1.21. The van der Waals surface area contributed by atoms with Crippen molar-refractivity contribution >= 4 is 27.4 Å². The average molecular weight is 369 g/mol. The first kappa shape index (κ1) is 17.2. The molecule has 26 heavy (non-hydrogen) atoms. The second-order valence-corrected chi connectivity index (χ2v) is 7.69. The number of fused-ring (bicyclic) bond motifs is 1. The molecule has 0 radical (unpaired) electrons. The maximum atomic E-state index is 14.7. The Morgan fingerprint density at radius 3 is 2.73 bits per heavy atom. The van der Waals surface area contributed by atoms with E-state index in [0.29, 0.717) is 18.5 Å². The number of carboxylic acids is 1. The van der Waals surface area contributed by atoms with Crippen molar-refractivity contribution in [2.75, 3.05) is 13.1 Å². The van der Waals surface area contributed by atoms with Crippen LogP contribution in [-0.2, 0) is 4.79 Å². The quantitative estimate of drug-likeness (QED) is 0.709. The Bertz CT molecular complexity index is 938. The Morgan fingerprint density at radius 2 is 1.92 bits per heavy atom. The predicted molar refractivity (Wildman–Crippen MR) is 102 cm³/mol. The topological polar surface area (TPSA) is 40.5 Å². The van der Waals surface area contributed by atoms with E-state index in [4.69, 9.17) is 0 Å². The molecule has 1 saturated heterocycles. The third-order valence-electron chi connectivity index (χ3n) is 5.17. The van der Waals surface area contributed by atoms with Gasteiger partial charge >= 0.3 is 5.97 Å². The zero-order valence-corrected chi connectivity index (χ0v) is 15.1. The van der Waals surface area contributed by atoms with Crippen molar-refractivity contribution in [3.8, 4) is 0 Å². The number of benzene rings is 2. The first-order valence-electron chi connectivity index (χ1n) is 8.82. The summed E-state index contributed by atoms with van der Waals surface area (Å²) in [5, 5.41) is 12.7. The van der Waals surface area contributed by atoms with Crippen molar-refractivity contribution in [2.45, 2.75) is 18.9 Å². The summed E-state index contributed by atoms with van der Waals surface area (Å²) in [6, 6.07) is 14.7. The van der Waals surface area contributed by atoms with Crippen molar-refractivity contribution in [1.82, 2.24) is 4.90 Å². The van der Waals surface area contributed by atoms with Crippen LogP contribution in [0.1, 0.15) is 30.0 Å². The SMILES string of the molecule is O=C(O)C1CCCN(C(c2ccccc2F)c2csc3ccccc23)C1. The normalized spacial score (nSPS) is 19.5. The lowest BCUT2D eigenvalue weighted by Crippen LogP contribution is -2.41. The van der Waals surface area contributed by atoms with Gasteiger partial charge in [-0.3, -0.25) is 9.69 Å². The fourth-order valence-electron chi connectivity index (χ4n) is 3.91. The van der Waals surface area contributed by atoms with Gasteiger partial charge in [0.2, 0.25) is 0 Å². The Hall–Kier alpha value is -2.24. The average Bonchev–Trinajstić information content (AvgIpc) is 3.08. The molecule has 2 atom stereocenters. The number of piperidine rings is 1. The van der Waals surface area contributed by atoms with Crippen molar-refractivity contribution in [2.24, 2.45) is 5.92 Å². The van der Waals surface area contributed by atoms with Gasteiger partial charge in [0.15, 0.2) is 0 Å². The zero-order chi connectivity index (χ0) is 18.1. The number of thiophene rings is 1. The van der Waals surface area contributed by atoms with E-state index < -0.39 is 11.9 Å². The van der Waals surface area contributed by atoms with Crippen LogP contribution >= 0.6 is 11.3 Å². The molecule has 4 rings (SSSR count). The molecule has 0 bridgehead atoms. The lowest BCUT2D eigenvalue weighted by Gasteiger charge is -2.37. The van der Waals surface area contributed by atoms with E-state index in [1.807, 2.05) is 24.3 Å². The number of carbonyl (C=O) groups is 1. The highest BCUT2D eigenvalue weighted by Crippen LogP contribution is 2.39. The van der Waals surface area contributed by atoms with Crippen LogP contribution in [0.25, 0.3) is 10.1 Å². The van der Waals surface area contributed by atoms with E-state index in [1.54, 1.807) is 17.4 Å². The van der Waals surface area contributed by atoms with Crippen molar-refractivity contribution in [3.63, 3.8) is 0 Å². The highest BCUT2D eigenvalue weighted by Gasteiger charge is 2.33. The van der Waals surface area contributed by atoms with Gasteiger partial charge in [0.25, 0.3) is 0 Å². The molecule has 134 valence electrons. The van der Waals surface area contributed by atoms with Crippen LogP contribution in [0.2, 0.25) is 0 Å². The molecule has 2 unspecified atom stereocenters. The number of rotatable bonds is 4. The Kier molecular flexibility index (Phi) is 4.74. The summed E-state index contributed by atoms with van der Waals surface area (Å²) in [5.74, 6) is -1.41. The predicted octanol–water partition coefficient (Wildman–Crippen LogP) is 4.93. The van der Waals surface area contributed by atoms with Crippen LogP contribution in [-0.4, -0.2) is 29.1 Å². The molecular weight excluding hydrogens is 349 g/mol. The fraction of sp³-hybridized carbons (Fsp3) is 0.286. The van der Waals surface area contributed by atoms with E-state index in [2.05, 4.69) is 22.4 Å². The Labute approximate surface area is 155 Å². The van der Waals surface area contributed by atoms with E-state index in [-0.39, 0.29) is 11.9 Å². The number of carboxylic acid groups (broad SMARTS) is 1. The molecule has 1 fully saturated rings. The lowest BCUT2D eigenvalue weighted by molar-refractivity contribution is -0.143. The minimum atomic E-state index is -0.767. The van der Waals surface area contributed by atoms with Gasteiger partial charge in [-0.2, -0.15) is 0 Å². The molecule has 0 saturated carbocycles. The second-order valence-electron chi connectivity index (χ2n) is 6.78. The van der Waals surface area contributed by atoms with Crippen LogP contribution in [0.3, 0.4) is 0 Å². The zero-order valence-electron chi connectivity index (χ0n) is 14.3. The van der Waals surface area contributed by atoms with Gasteiger partial charge in [-0.05, 0) is 47.8 Å². The van der Waals surface area contributed by atoms with Gasteiger partial charge in [-0.1, -0.05) is 36.4 Å². The van der Waals surface area contributed by atoms with Gasteiger partial charge in [0.05, 0.1) is 12.0 Å². The van der Waals surface area contributed by atoms with E-state index in [9.17, 15) is 14.3 Å². The number of aliphatic carboxylic acids is 1. The number of halogens is 1. The standard InChI is InChI=1S/C21H20FNO2S/c22-18-9-3-1-8-16(18)20(23-11-5-6-14(12-23)21(24)25)17-13-26-19-10-4-2-7-15(17)19/h1-4,7-10,13-14,20H,5-6,11-12H2,(H,24,25). The Morgan fingerprint density at radius 1 is 1.15 bits per heavy atom. The summed E-state index contributed by atoms with van der Waals surface area (Å²) in [4.78, 5) is 13.7. The fourth-order valence-corrected chi connectivity index (χ4v) is 4.89. The monoisotopic (exact) mass is 369 g/mol. The van der Waals surface area contributed by atoms with Crippen LogP contribution < -0.4 is 0 Å². The maximum absolute atomic E-state index is 14.7. The second kappa shape index (κ2) is 7.17. The maximum Gasteiger partial charge on any atom is 0.307 e. The molecule has 3 nitrogen and oxygen atoms in total.